The third-order valence-corrected chi connectivity index (χ3v) is 3.41. The number of alkyl halides is 3. The number of hydrogen-bond acceptors (Lipinski definition) is 4. The summed E-state index contributed by atoms with van der Waals surface area (Å²) < 4.78 is 55.0. The Kier molecular flexibility index (Phi) is 5.76. The lowest BCUT2D eigenvalue weighted by molar-refractivity contribution is -0.133. The Balaban J connectivity index is 2.33. The summed E-state index contributed by atoms with van der Waals surface area (Å²) in [7, 11) is 4.31. The minimum absolute atomic E-state index is 0.0781. The lowest BCUT2D eigenvalue weighted by Gasteiger charge is -2.25. The average Bonchev–Trinajstić information content (AvgIpc) is 2.62. The topological polar surface area (TPSA) is 52.4 Å². The van der Waals surface area contributed by atoms with E-state index in [-0.39, 0.29) is 11.4 Å². The zero-order valence-electron chi connectivity index (χ0n) is 13.9. The number of benzene rings is 1. The van der Waals surface area contributed by atoms with Crippen LogP contribution in [0.4, 0.5) is 18.9 Å². The van der Waals surface area contributed by atoms with Gasteiger partial charge in [0.25, 0.3) is 0 Å². The Hall–Kier alpha value is -2.45. The summed E-state index contributed by atoms with van der Waals surface area (Å²) in [4.78, 5) is 7.20. The maximum Gasteiger partial charge on any atom is 0.451 e. The number of ether oxygens (including phenoxy) is 3. The van der Waals surface area contributed by atoms with E-state index in [1.807, 2.05) is 0 Å². The molecular formula is C17H17F3N2O3. The highest BCUT2D eigenvalue weighted by atomic mass is 19.4. The Morgan fingerprint density at radius 1 is 0.960 bits per heavy atom. The van der Waals surface area contributed by atoms with E-state index in [0.29, 0.717) is 5.75 Å². The highest BCUT2D eigenvalue weighted by Gasteiger charge is 2.36. The fourth-order valence-corrected chi connectivity index (χ4v) is 2.00. The third kappa shape index (κ3) is 4.77. The molecule has 0 saturated heterocycles. The van der Waals surface area contributed by atoms with Gasteiger partial charge in [0.1, 0.15) is 5.75 Å². The highest BCUT2D eigenvalue weighted by Crippen LogP contribution is 2.25. The van der Waals surface area contributed by atoms with Gasteiger partial charge in [-0.1, -0.05) is 0 Å². The van der Waals surface area contributed by atoms with Crippen LogP contribution in [0.15, 0.2) is 58.6 Å². The van der Waals surface area contributed by atoms with E-state index in [4.69, 9.17) is 14.2 Å². The van der Waals surface area contributed by atoms with Crippen molar-refractivity contribution in [3.63, 3.8) is 0 Å². The first-order chi connectivity index (χ1) is 11.8. The molecule has 0 unspecified atom stereocenters. The molecule has 0 bridgehead atoms. The SMILES string of the molecule is COc1ccc(N=C(N=C2C=CC(OC)(OC)C=C2)C(F)(F)F)cc1. The van der Waals surface area contributed by atoms with Gasteiger partial charge in [-0.15, -0.1) is 0 Å². The van der Waals surface area contributed by atoms with Crippen molar-refractivity contribution >= 4 is 17.2 Å². The molecule has 2 rings (SSSR count). The van der Waals surface area contributed by atoms with Crippen molar-refractivity contribution in [3.05, 3.63) is 48.6 Å². The van der Waals surface area contributed by atoms with Gasteiger partial charge in [-0.2, -0.15) is 13.2 Å². The number of methoxy groups -OCH3 is 3. The third-order valence-electron chi connectivity index (χ3n) is 3.41. The molecule has 0 aromatic heterocycles. The van der Waals surface area contributed by atoms with Gasteiger partial charge in [-0.3, -0.25) is 0 Å². The first kappa shape index (κ1) is 18.9. The molecule has 1 aromatic rings. The molecule has 0 heterocycles. The summed E-state index contributed by atoms with van der Waals surface area (Å²) >= 11 is 0. The Labute approximate surface area is 143 Å². The molecule has 0 spiro atoms. The van der Waals surface area contributed by atoms with Crippen molar-refractivity contribution < 1.29 is 27.4 Å². The molecule has 1 aliphatic carbocycles. The summed E-state index contributed by atoms with van der Waals surface area (Å²) in [6.45, 7) is 0. The summed E-state index contributed by atoms with van der Waals surface area (Å²) in [5.41, 5.74) is 0.193. The molecule has 0 radical (unpaired) electrons. The van der Waals surface area contributed by atoms with E-state index < -0.39 is 17.8 Å². The fourth-order valence-electron chi connectivity index (χ4n) is 2.00. The second-order valence-electron chi connectivity index (χ2n) is 4.96. The van der Waals surface area contributed by atoms with Gasteiger partial charge in [0.15, 0.2) is 0 Å². The van der Waals surface area contributed by atoms with Crippen molar-refractivity contribution in [1.82, 2.24) is 0 Å². The molecule has 8 heteroatoms. The molecule has 1 aliphatic rings. The van der Waals surface area contributed by atoms with Gasteiger partial charge in [-0.25, -0.2) is 9.98 Å². The van der Waals surface area contributed by atoms with Crippen LogP contribution in [0.5, 0.6) is 5.75 Å². The Morgan fingerprint density at radius 2 is 1.52 bits per heavy atom. The van der Waals surface area contributed by atoms with Crippen LogP contribution in [0, 0.1) is 0 Å². The summed E-state index contributed by atoms with van der Waals surface area (Å²) in [5.74, 6) is -1.85. The van der Waals surface area contributed by atoms with Gasteiger partial charge in [0.2, 0.25) is 11.6 Å². The van der Waals surface area contributed by atoms with Crippen LogP contribution in [-0.2, 0) is 9.47 Å². The van der Waals surface area contributed by atoms with E-state index in [1.54, 1.807) is 0 Å². The van der Waals surface area contributed by atoms with Crippen molar-refractivity contribution in [1.29, 1.82) is 0 Å². The first-order valence-corrected chi connectivity index (χ1v) is 7.19. The van der Waals surface area contributed by atoms with Crippen molar-refractivity contribution in [3.8, 4) is 5.75 Å². The summed E-state index contributed by atoms with van der Waals surface area (Å²) in [6, 6.07) is 5.87. The Bertz CT molecular complexity index is 698. The van der Waals surface area contributed by atoms with Crippen LogP contribution in [0.2, 0.25) is 0 Å². The lowest BCUT2D eigenvalue weighted by Crippen LogP contribution is -2.31. The standard InChI is InChI=1S/C17H17F3N2O3/c1-23-14-6-4-12(5-7-14)21-15(17(18,19)20)22-13-8-10-16(24-2,25-3)11-9-13/h4-11H,1-3H3. The number of amidine groups is 1. The van der Waals surface area contributed by atoms with Gasteiger partial charge in [-0.05, 0) is 48.6 Å². The van der Waals surface area contributed by atoms with E-state index in [0.717, 1.165) is 0 Å². The molecule has 0 N–H and O–H groups in total. The maximum absolute atomic E-state index is 13.2. The predicted octanol–water partition coefficient (Wildman–Crippen LogP) is 3.84. The molecular weight excluding hydrogens is 337 g/mol. The second-order valence-corrected chi connectivity index (χ2v) is 4.96. The van der Waals surface area contributed by atoms with E-state index in [2.05, 4.69) is 9.98 Å². The second kappa shape index (κ2) is 7.62. The molecule has 134 valence electrons. The monoisotopic (exact) mass is 354 g/mol. The van der Waals surface area contributed by atoms with Crippen LogP contribution >= 0.6 is 0 Å². The van der Waals surface area contributed by atoms with Crippen molar-refractivity contribution in [2.45, 2.75) is 12.0 Å². The summed E-state index contributed by atoms with van der Waals surface area (Å²) in [5, 5.41) is 0. The van der Waals surface area contributed by atoms with Crippen LogP contribution in [0.1, 0.15) is 0 Å². The molecule has 0 atom stereocenters. The van der Waals surface area contributed by atoms with Crippen molar-refractivity contribution in [2.75, 3.05) is 21.3 Å². The fraction of sp³-hybridized carbons (Fsp3) is 0.294. The molecule has 0 saturated carbocycles. The number of hydrogen-bond donors (Lipinski definition) is 0. The largest absolute Gasteiger partial charge is 0.497 e. The number of nitrogens with zero attached hydrogens (tertiary/aromatic N) is 2. The zero-order chi connectivity index (χ0) is 18.5. The predicted molar refractivity (Wildman–Crippen MR) is 88.6 cm³/mol. The molecule has 0 fully saturated rings. The molecule has 5 nitrogen and oxygen atoms in total. The highest BCUT2D eigenvalue weighted by molar-refractivity contribution is 6.12. The minimum Gasteiger partial charge on any atom is -0.497 e. The molecule has 0 aliphatic heterocycles. The van der Waals surface area contributed by atoms with Crippen LogP contribution in [0.3, 0.4) is 0 Å². The average molecular weight is 354 g/mol. The molecule has 0 amide bonds. The van der Waals surface area contributed by atoms with Gasteiger partial charge >= 0.3 is 6.18 Å². The van der Waals surface area contributed by atoms with Crippen LogP contribution in [0.25, 0.3) is 0 Å². The van der Waals surface area contributed by atoms with Gasteiger partial charge in [0, 0.05) is 14.2 Å². The maximum atomic E-state index is 13.2. The first-order valence-electron chi connectivity index (χ1n) is 7.19. The quantitative estimate of drug-likeness (QED) is 0.469. The van der Waals surface area contributed by atoms with E-state index >= 15 is 0 Å². The summed E-state index contributed by atoms with van der Waals surface area (Å²) in [6.07, 6.45) is 0.983. The normalized spacial score (nSPS) is 16.9. The van der Waals surface area contributed by atoms with Gasteiger partial charge in [0.05, 0.1) is 18.5 Å². The number of aliphatic imine (C=N–C) groups is 2. The number of halogens is 3. The number of rotatable bonds is 4. The lowest BCUT2D eigenvalue weighted by atomic mass is 10.1. The smallest absolute Gasteiger partial charge is 0.451 e. The molecule has 25 heavy (non-hydrogen) atoms. The Morgan fingerprint density at radius 3 is 1.96 bits per heavy atom. The van der Waals surface area contributed by atoms with Crippen molar-refractivity contribution in [2.24, 2.45) is 9.98 Å². The zero-order valence-corrected chi connectivity index (χ0v) is 13.9. The van der Waals surface area contributed by atoms with E-state index in [9.17, 15) is 13.2 Å². The van der Waals surface area contributed by atoms with Gasteiger partial charge < -0.3 is 14.2 Å². The van der Waals surface area contributed by atoms with Crippen LogP contribution in [-0.4, -0.2) is 44.8 Å². The number of allylic oxidation sites excluding steroid dienone is 2. The van der Waals surface area contributed by atoms with Crippen LogP contribution < -0.4 is 4.74 Å². The molecule has 1 aromatic carbocycles. The minimum atomic E-state index is -4.70. The van der Waals surface area contributed by atoms with E-state index in [1.165, 1.54) is 69.9 Å².